The Labute approximate surface area is 219 Å². The third-order valence-electron chi connectivity index (χ3n) is 7.04. The summed E-state index contributed by atoms with van der Waals surface area (Å²) in [5.41, 5.74) is 2.18. The Morgan fingerprint density at radius 2 is 1.05 bits per heavy atom. The Kier molecular flexibility index (Phi) is 6.79. The summed E-state index contributed by atoms with van der Waals surface area (Å²) in [5, 5.41) is 3.17. The highest BCUT2D eigenvalue weighted by Gasteiger charge is 2.32. The van der Waals surface area contributed by atoms with Crippen molar-refractivity contribution in [2.75, 3.05) is 6.54 Å². The molecule has 0 radical (unpaired) electrons. The highest BCUT2D eigenvalue weighted by atomic mass is 16.6. The van der Waals surface area contributed by atoms with E-state index in [0.29, 0.717) is 12.6 Å². The Balaban J connectivity index is 1.86. The molecule has 0 spiro atoms. The summed E-state index contributed by atoms with van der Waals surface area (Å²) in [6, 6.07) is 7.22. The molecule has 0 amide bonds. The second kappa shape index (κ2) is 10.1. The number of rotatable bonds is 4. The largest absolute Gasteiger partial charge is 0.423 e. The molecule has 1 saturated heterocycles. The van der Waals surface area contributed by atoms with Crippen molar-refractivity contribution in [2.45, 2.75) is 66.0 Å². The molecule has 1 atom stereocenters. The van der Waals surface area contributed by atoms with Gasteiger partial charge >= 0.3 is 23.9 Å². The Morgan fingerprint density at radius 1 is 0.632 bits per heavy atom. The number of benzene rings is 3. The van der Waals surface area contributed by atoms with Gasteiger partial charge in [0.15, 0.2) is 23.0 Å². The minimum absolute atomic E-state index is 0.103. The van der Waals surface area contributed by atoms with Gasteiger partial charge in [-0.15, -0.1) is 0 Å². The third-order valence-corrected chi connectivity index (χ3v) is 7.04. The fraction of sp³-hybridized carbons (Fsp3) is 0.379. The van der Waals surface area contributed by atoms with Crippen molar-refractivity contribution >= 4 is 45.4 Å². The van der Waals surface area contributed by atoms with E-state index in [-0.39, 0.29) is 23.0 Å². The predicted octanol–water partition coefficient (Wildman–Crippen LogP) is 4.60. The summed E-state index contributed by atoms with van der Waals surface area (Å²) < 4.78 is 21.7. The lowest BCUT2D eigenvalue weighted by Crippen LogP contribution is -2.43. The van der Waals surface area contributed by atoms with E-state index in [1.165, 1.54) is 34.1 Å². The number of nitrogens with zero attached hydrogens (tertiary/aromatic N) is 1. The van der Waals surface area contributed by atoms with Gasteiger partial charge in [-0.25, -0.2) is 0 Å². The van der Waals surface area contributed by atoms with Gasteiger partial charge in [0.05, 0.1) is 0 Å². The molecule has 2 heterocycles. The predicted molar refractivity (Wildman–Crippen MR) is 138 cm³/mol. The first-order valence-corrected chi connectivity index (χ1v) is 12.7. The highest BCUT2D eigenvalue weighted by Crippen LogP contribution is 2.46. The Morgan fingerprint density at radius 3 is 1.50 bits per heavy atom. The molecule has 3 aromatic carbocycles. The van der Waals surface area contributed by atoms with Crippen LogP contribution in [0.15, 0.2) is 24.3 Å². The van der Waals surface area contributed by atoms with Crippen LogP contribution in [0.5, 0.6) is 23.0 Å². The number of fused-ring (bicyclic) bond motifs is 7. The minimum Gasteiger partial charge on any atom is -0.423 e. The minimum atomic E-state index is -0.561. The van der Waals surface area contributed by atoms with Crippen LogP contribution in [0.25, 0.3) is 21.5 Å². The van der Waals surface area contributed by atoms with Crippen LogP contribution < -0.4 is 18.9 Å². The zero-order chi connectivity index (χ0) is 27.1. The summed E-state index contributed by atoms with van der Waals surface area (Å²) in [5.74, 6) is -1.67. The zero-order valence-electron chi connectivity index (χ0n) is 21.8. The number of hydrogen-bond acceptors (Lipinski definition) is 9. The van der Waals surface area contributed by atoms with Crippen molar-refractivity contribution < 1.29 is 38.1 Å². The maximum Gasteiger partial charge on any atom is 0.308 e. The van der Waals surface area contributed by atoms with Gasteiger partial charge in [0.1, 0.15) is 0 Å². The number of esters is 4. The molecule has 0 aliphatic carbocycles. The first kappa shape index (κ1) is 25.7. The fourth-order valence-corrected chi connectivity index (χ4v) is 5.68. The number of piperidine rings is 1. The molecule has 0 aromatic heterocycles. The number of ether oxygens (including phenoxy) is 4. The van der Waals surface area contributed by atoms with E-state index in [1.54, 1.807) is 24.3 Å². The van der Waals surface area contributed by atoms with Crippen LogP contribution in [0, 0.1) is 0 Å². The summed E-state index contributed by atoms with van der Waals surface area (Å²) in [7, 11) is 0. The molecule has 38 heavy (non-hydrogen) atoms. The molecule has 0 N–H and O–H groups in total. The summed E-state index contributed by atoms with van der Waals surface area (Å²) in [4.78, 5) is 50.0. The smallest absolute Gasteiger partial charge is 0.308 e. The van der Waals surface area contributed by atoms with Crippen LogP contribution in [0.2, 0.25) is 0 Å². The monoisotopic (exact) mass is 519 g/mol. The van der Waals surface area contributed by atoms with E-state index in [0.717, 1.165) is 58.5 Å². The first-order chi connectivity index (χ1) is 18.1. The van der Waals surface area contributed by atoms with Gasteiger partial charge in [0.25, 0.3) is 0 Å². The van der Waals surface area contributed by atoms with Crippen LogP contribution in [0.4, 0.5) is 0 Å². The van der Waals surface area contributed by atoms with Crippen molar-refractivity contribution in [3.8, 4) is 23.0 Å². The molecule has 9 nitrogen and oxygen atoms in total. The zero-order valence-corrected chi connectivity index (χ0v) is 21.8. The van der Waals surface area contributed by atoms with Crippen LogP contribution in [0.3, 0.4) is 0 Å². The van der Waals surface area contributed by atoms with Crippen LogP contribution in [-0.2, 0) is 32.1 Å². The fourth-order valence-electron chi connectivity index (χ4n) is 5.68. The van der Waals surface area contributed by atoms with Gasteiger partial charge in [-0.3, -0.25) is 24.1 Å². The van der Waals surface area contributed by atoms with Crippen LogP contribution in [0.1, 0.15) is 58.1 Å². The molecule has 0 bridgehead atoms. The molecular formula is C29H29NO8. The van der Waals surface area contributed by atoms with Crippen molar-refractivity contribution in [1.82, 2.24) is 4.90 Å². The number of carbonyl (C=O) groups excluding carboxylic acids is 4. The van der Waals surface area contributed by atoms with E-state index < -0.39 is 23.9 Å². The van der Waals surface area contributed by atoms with E-state index in [4.69, 9.17) is 18.9 Å². The summed E-state index contributed by atoms with van der Waals surface area (Å²) in [6.45, 7) is 6.82. The van der Waals surface area contributed by atoms with E-state index in [1.807, 2.05) is 0 Å². The normalized spacial score (nSPS) is 16.9. The van der Waals surface area contributed by atoms with Crippen molar-refractivity contribution in [3.05, 3.63) is 35.4 Å². The van der Waals surface area contributed by atoms with Gasteiger partial charge in [-0.1, -0.05) is 6.42 Å². The molecule has 9 heteroatoms. The van der Waals surface area contributed by atoms with Crippen molar-refractivity contribution in [3.63, 3.8) is 0 Å². The third kappa shape index (κ3) is 4.93. The van der Waals surface area contributed by atoms with Gasteiger partial charge < -0.3 is 18.9 Å². The molecule has 2 aliphatic heterocycles. The molecule has 1 unspecified atom stereocenters. The first-order valence-electron chi connectivity index (χ1n) is 12.7. The van der Waals surface area contributed by atoms with E-state index >= 15 is 0 Å². The lowest BCUT2D eigenvalue weighted by atomic mass is 9.82. The maximum absolute atomic E-state index is 11.9. The van der Waals surface area contributed by atoms with Gasteiger partial charge in [-0.05, 0) is 82.7 Å². The highest BCUT2D eigenvalue weighted by molar-refractivity contribution is 6.13. The lowest BCUT2D eigenvalue weighted by Gasteiger charge is -2.41. The van der Waals surface area contributed by atoms with Crippen molar-refractivity contribution in [1.29, 1.82) is 0 Å². The Hall–Kier alpha value is -3.98. The molecule has 0 saturated carbocycles. The van der Waals surface area contributed by atoms with Crippen LogP contribution in [-0.4, -0.2) is 41.4 Å². The average Bonchev–Trinajstić information content (AvgIpc) is 2.83. The summed E-state index contributed by atoms with van der Waals surface area (Å²) >= 11 is 0. The number of hydrogen-bond donors (Lipinski definition) is 0. The maximum atomic E-state index is 11.9. The molecule has 198 valence electrons. The number of carbonyl (C=O) groups is 4. The molecule has 2 aliphatic rings. The van der Waals surface area contributed by atoms with Gasteiger partial charge in [0, 0.05) is 40.3 Å². The second-order valence-corrected chi connectivity index (χ2v) is 9.84. The molecule has 3 aromatic rings. The second-order valence-electron chi connectivity index (χ2n) is 9.84. The SMILES string of the molecule is CC(=O)Oc1cc2c3c(c4cc(OC(C)=O)c(OC(C)=O)cc4c2cc1OC(C)=O)CN1CCCCC1C3. The average molecular weight is 520 g/mol. The molecule has 1 fully saturated rings. The summed E-state index contributed by atoms with van der Waals surface area (Å²) in [6.07, 6.45) is 4.18. The Bertz CT molecular complexity index is 1400. The quantitative estimate of drug-likeness (QED) is 0.277. The lowest BCUT2D eigenvalue weighted by molar-refractivity contribution is -0.134. The van der Waals surface area contributed by atoms with Crippen molar-refractivity contribution in [2.24, 2.45) is 0 Å². The molecular weight excluding hydrogens is 490 g/mol. The van der Waals surface area contributed by atoms with Gasteiger partial charge in [0.2, 0.25) is 0 Å². The van der Waals surface area contributed by atoms with E-state index in [9.17, 15) is 19.2 Å². The van der Waals surface area contributed by atoms with E-state index in [2.05, 4.69) is 4.90 Å². The van der Waals surface area contributed by atoms with Gasteiger partial charge in [-0.2, -0.15) is 0 Å². The molecule has 5 rings (SSSR count). The topological polar surface area (TPSA) is 108 Å². The standard InChI is InChI=1S/C29H29NO8/c1-15(31)35-26-10-21-20-9-19-7-5-6-8-30(19)14-25(20)24-13-29(38-18(4)34)28(37-17(3)33)12-23(24)22(21)11-27(26)36-16(2)32/h10-13,19H,5-9,14H2,1-4H3. The van der Waals surface area contributed by atoms with Crippen LogP contribution >= 0.6 is 0 Å².